The molecule has 0 spiro atoms. The van der Waals surface area contributed by atoms with E-state index in [0.717, 1.165) is 89.0 Å². The average molecular weight is 983 g/mol. The summed E-state index contributed by atoms with van der Waals surface area (Å²) in [4.78, 5) is 60.0. The zero-order valence-electron chi connectivity index (χ0n) is 40.1. The third-order valence-electron chi connectivity index (χ3n) is 14.2. The number of piperazine rings is 1. The van der Waals surface area contributed by atoms with Gasteiger partial charge in [0.05, 0.1) is 29.4 Å². The number of benzene rings is 4. The summed E-state index contributed by atoms with van der Waals surface area (Å²) < 4.78 is 6.38. The summed E-state index contributed by atoms with van der Waals surface area (Å²) in [7, 11) is 0. The second-order valence-electron chi connectivity index (χ2n) is 19.2. The van der Waals surface area contributed by atoms with Crippen LogP contribution in [0.2, 0.25) is 5.02 Å². The van der Waals surface area contributed by atoms with Gasteiger partial charge in [-0.15, -0.1) is 0 Å². The lowest BCUT2D eigenvalue weighted by atomic mass is 9.91. The molecule has 3 amide bonds. The van der Waals surface area contributed by atoms with Crippen LogP contribution in [0.5, 0.6) is 17.5 Å². The molecule has 4 aromatic carbocycles. The number of carbonyl (C=O) groups is 3. The van der Waals surface area contributed by atoms with Crippen LogP contribution in [0.25, 0.3) is 10.8 Å². The minimum absolute atomic E-state index is 0.0404. The lowest BCUT2D eigenvalue weighted by molar-refractivity contribution is -0.144. The van der Waals surface area contributed by atoms with E-state index >= 15 is 0 Å². The van der Waals surface area contributed by atoms with Gasteiger partial charge < -0.3 is 40.3 Å². The van der Waals surface area contributed by atoms with E-state index in [-0.39, 0.29) is 52.5 Å². The highest BCUT2D eigenvalue weighted by Gasteiger charge is 2.37. The number of rotatable bonds is 12. The number of primary amides is 1. The zero-order chi connectivity index (χ0) is 50.1. The van der Waals surface area contributed by atoms with E-state index in [1.807, 2.05) is 43.0 Å². The Morgan fingerprint density at radius 2 is 1.61 bits per heavy atom. The lowest BCUT2D eigenvalue weighted by Gasteiger charge is -2.42. The Balaban J connectivity index is 0.797. The van der Waals surface area contributed by atoms with Crippen molar-refractivity contribution in [2.24, 2.45) is 17.6 Å². The van der Waals surface area contributed by atoms with Gasteiger partial charge in [0.15, 0.2) is 5.84 Å². The number of nitrogens with two attached hydrogens (primary N) is 1. The van der Waals surface area contributed by atoms with Crippen LogP contribution in [0.3, 0.4) is 0 Å². The first-order valence-electron chi connectivity index (χ1n) is 24.2. The topological polar surface area (TPSA) is 220 Å². The first kappa shape index (κ1) is 48.8. The van der Waals surface area contributed by atoms with Crippen molar-refractivity contribution in [1.82, 2.24) is 24.7 Å². The van der Waals surface area contributed by atoms with Gasteiger partial charge in [-0.25, -0.2) is 0 Å². The summed E-state index contributed by atoms with van der Waals surface area (Å²) in [5, 5.41) is 41.2. The van der Waals surface area contributed by atoms with Crippen molar-refractivity contribution in [3.8, 4) is 17.5 Å². The number of aromatic hydroxyl groups is 2. The van der Waals surface area contributed by atoms with Crippen molar-refractivity contribution in [1.29, 1.82) is 10.8 Å². The highest BCUT2D eigenvalue weighted by Crippen LogP contribution is 2.38. The summed E-state index contributed by atoms with van der Waals surface area (Å²) in [6, 6.07) is 22.3. The van der Waals surface area contributed by atoms with Gasteiger partial charge in [-0.1, -0.05) is 68.4 Å². The maximum Gasteiger partial charge on any atom is 0.318 e. The number of anilines is 3. The zero-order valence-corrected chi connectivity index (χ0v) is 40.9. The fraction of sp³-hybridized carbons (Fsp3) is 0.377. The van der Waals surface area contributed by atoms with E-state index in [0.29, 0.717) is 81.2 Å². The number of amides is 3. The molecule has 17 nitrogen and oxygen atoms in total. The Morgan fingerprint density at radius 3 is 2.28 bits per heavy atom. The molecule has 5 aromatic rings. The first-order valence-corrected chi connectivity index (χ1v) is 24.6. The standard InChI is InChI=1S/C53H60ClN11O6/c1-4-46(68)61-21-23-62(24-22-61)51-38-17-20-63(43-10-6-8-35-7-5-9-41(54)47(35)43)30-42(38)58-53(59-51)71-31-34-28-64(29-34)52(70)36-15-18-60(19-16-36)27-33-11-13-37(14-12-33)65(49(56)50(57)69)48(55)40-25-39(32(2)3)44(66)26-45(40)67/h4-14,25-26,32,34,36,55-56,66-67H,1,15-24,27-31H2,2-3H3,(H2,57,69). The molecule has 18 heteroatoms. The normalized spacial score (nSPS) is 16.7. The predicted molar refractivity (Wildman–Crippen MR) is 275 cm³/mol. The highest BCUT2D eigenvalue weighted by atomic mass is 35.5. The van der Waals surface area contributed by atoms with Crippen molar-refractivity contribution in [3.63, 3.8) is 0 Å². The molecule has 0 aliphatic carbocycles. The van der Waals surface area contributed by atoms with Gasteiger partial charge >= 0.3 is 6.01 Å². The molecule has 4 aliphatic rings. The van der Waals surface area contributed by atoms with Crippen molar-refractivity contribution in [2.45, 2.75) is 52.1 Å². The van der Waals surface area contributed by atoms with E-state index in [1.54, 1.807) is 17.0 Å². The van der Waals surface area contributed by atoms with Crippen LogP contribution in [-0.4, -0.2) is 130 Å². The molecule has 0 saturated carbocycles. The van der Waals surface area contributed by atoms with Crippen LogP contribution >= 0.6 is 11.6 Å². The highest BCUT2D eigenvalue weighted by molar-refractivity contribution is 6.47. The number of nitrogens with one attached hydrogen (secondary N) is 2. The number of hydrogen-bond donors (Lipinski definition) is 5. The van der Waals surface area contributed by atoms with Crippen LogP contribution < -0.4 is 25.2 Å². The quantitative estimate of drug-likeness (QED) is 0.0532. The number of piperidine rings is 1. The third-order valence-corrected chi connectivity index (χ3v) is 14.5. The van der Waals surface area contributed by atoms with Crippen molar-refractivity contribution < 1.29 is 29.3 Å². The van der Waals surface area contributed by atoms with E-state index < -0.39 is 11.7 Å². The fourth-order valence-electron chi connectivity index (χ4n) is 10.2. The number of carbonyl (C=O) groups excluding carboxylic acids is 3. The Bertz CT molecular complexity index is 2890. The summed E-state index contributed by atoms with van der Waals surface area (Å²) in [5.41, 5.74) is 10.4. The number of likely N-dealkylation sites (tertiary alicyclic amines) is 2. The minimum Gasteiger partial charge on any atom is -0.508 e. The molecule has 1 aromatic heterocycles. The van der Waals surface area contributed by atoms with Crippen LogP contribution in [-0.2, 0) is 33.9 Å². The largest absolute Gasteiger partial charge is 0.508 e. The number of phenolic OH excluding ortho intramolecular Hbond substituents is 2. The molecule has 4 aliphatic heterocycles. The lowest BCUT2D eigenvalue weighted by Crippen LogP contribution is -2.55. The number of phenols is 2. The van der Waals surface area contributed by atoms with E-state index in [2.05, 4.69) is 45.5 Å². The molecule has 9 rings (SSSR count). The monoisotopic (exact) mass is 981 g/mol. The van der Waals surface area contributed by atoms with Crippen LogP contribution in [0.4, 0.5) is 17.2 Å². The number of nitrogens with zero attached hydrogens (tertiary/aromatic N) is 8. The van der Waals surface area contributed by atoms with Crippen LogP contribution in [0.15, 0.2) is 85.5 Å². The maximum atomic E-state index is 13.7. The van der Waals surface area contributed by atoms with E-state index in [1.165, 1.54) is 12.1 Å². The molecule has 0 atom stereocenters. The number of ether oxygens (including phenoxy) is 1. The molecule has 0 unspecified atom stereocenters. The fourth-order valence-corrected chi connectivity index (χ4v) is 10.5. The molecule has 3 fully saturated rings. The number of halogens is 1. The first-order chi connectivity index (χ1) is 34.2. The van der Waals surface area contributed by atoms with Gasteiger partial charge in [-0.3, -0.25) is 35.0 Å². The van der Waals surface area contributed by atoms with Gasteiger partial charge in [-0.2, -0.15) is 9.97 Å². The maximum absolute atomic E-state index is 13.7. The van der Waals surface area contributed by atoms with Crippen molar-refractivity contribution in [3.05, 3.63) is 118 Å². The average Bonchev–Trinajstić information content (AvgIpc) is 3.35. The molecule has 5 heterocycles. The van der Waals surface area contributed by atoms with E-state index in [9.17, 15) is 24.6 Å². The summed E-state index contributed by atoms with van der Waals surface area (Å²) >= 11 is 6.76. The number of amidine groups is 2. The number of aromatic nitrogens is 2. The summed E-state index contributed by atoms with van der Waals surface area (Å²) in [6.45, 7) is 14.8. The predicted octanol–water partition coefficient (Wildman–Crippen LogP) is 6.26. The Hall–Kier alpha value is -7.24. The second kappa shape index (κ2) is 20.6. The molecule has 0 radical (unpaired) electrons. The van der Waals surface area contributed by atoms with Gasteiger partial charge in [0.1, 0.15) is 23.2 Å². The Morgan fingerprint density at radius 1 is 0.901 bits per heavy atom. The minimum atomic E-state index is -1.04. The van der Waals surface area contributed by atoms with Crippen molar-refractivity contribution in [2.75, 3.05) is 80.2 Å². The van der Waals surface area contributed by atoms with Crippen LogP contribution in [0, 0.1) is 22.7 Å². The Kier molecular flexibility index (Phi) is 14.2. The Labute approximate surface area is 418 Å². The molecule has 6 N–H and O–H groups in total. The smallest absolute Gasteiger partial charge is 0.318 e. The van der Waals surface area contributed by atoms with Gasteiger partial charge in [0, 0.05) is 92.6 Å². The molecule has 3 saturated heterocycles. The summed E-state index contributed by atoms with van der Waals surface area (Å²) in [5.74, 6) is -1.62. The van der Waals surface area contributed by atoms with Crippen molar-refractivity contribution >= 4 is 69.0 Å². The van der Waals surface area contributed by atoms with Crippen LogP contribution in [0.1, 0.15) is 60.6 Å². The molecule has 370 valence electrons. The molecule has 0 bridgehead atoms. The third kappa shape index (κ3) is 10.2. The van der Waals surface area contributed by atoms with Gasteiger partial charge in [0.25, 0.3) is 5.91 Å². The second-order valence-corrected chi connectivity index (χ2v) is 19.6. The van der Waals surface area contributed by atoms with Gasteiger partial charge in [-0.05, 0) is 91.2 Å². The molecular formula is C53H60ClN11O6. The number of hydrogen-bond acceptors (Lipinski definition) is 13. The van der Waals surface area contributed by atoms with E-state index in [4.69, 9.17) is 42.9 Å². The molecular weight excluding hydrogens is 922 g/mol. The van der Waals surface area contributed by atoms with Gasteiger partial charge in [0.2, 0.25) is 11.8 Å². The molecule has 71 heavy (non-hydrogen) atoms. The SMILES string of the molecule is C=CC(=O)N1CCN(c2nc(OCC3CN(C(=O)C4CCN(Cc5ccc(N(C(=N)C(N)=O)C(=N)c6cc(C(C)C)c(O)cc6O)cc5)CC4)C3)nc3c2CCN(c2cccc4cccc(Cl)c24)C3)CC1. The number of fused-ring (bicyclic) bond motifs is 2. The summed E-state index contributed by atoms with van der Waals surface area (Å²) in [6.07, 6.45) is 3.55.